The summed E-state index contributed by atoms with van der Waals surface area (Å²) in [4.78, 5) is 38.4. The fourth-order valence-corrected chi connectivity index (χ4v) is 3.59. The van der Waals surface area contributed by atoms with Crippen molar-refractivity contribution in [2.45, 2.75) is 20.3 Å². The van der Waals surface area contributed by atoms with Crippen molar-refractivity contribution in [2.24, 2.45) is 11.8 Å². The lowest BCUT2D eigenvalue weighted by molar-refractivity contribution is -0.126. The van der Waals surface area contributed by atoms with Crippen LogP contribution in [0.15, 0.2) is 42.5 Å². The van der Waals surface area contributed by atoms with Gasteiger partial charge in [-0.15, -0.1) is 0 Å². The number of hydrogen-bond donors (Lipinski definition) is 2. The van der Waals surface area contributed by atoms with Gasteiger partial charge in [0.05, 0.1) is 21.7 Å². The summed E-state index contributed by atoms with van der Waals surface area (Å²) >= 11 is 12.0. The maximum Gasteiger partial charge on any atom is 0.262 e. The summed E-state index contributed by atoms with van der Waals surface area (Å²) in [5.41, 5.74) is 1.08. The van der Waals surface area contributed by atoms with Crippen LogP contribution in [0.25, 0.3) is 0 Å². The van der Waals surface area contributed by atoms with Crippen LogP contribution in [0.4, 0.5) is 11.4 Å². The zero-order valence-electron chi connectivity index (χ0n) is 17.9. The largest absolute Gasteiger partial charge is 0.484 e. The zero-order valence-corrected chi connectivity index (χ0v) is 19.4. The lowest BCUT2D eigenvalue weighted by atomic mass is 10.1. The summed E-state index contributed by atoms with van der Waals surface area (Å²) in [6, 6.07) is 11.8. The molecule has 1 aliphatic heterocycles. The number of nitrogens with one attached hydrogen (secondary N) is 2. The van der Waals surface area contributed by atoms with E-state index in [0.29, 0.717) is 41.2 Å². The van der Waals surface area contributed by atoms with Crippen LogP contribution in [-0.4, -0.2) is 37.4 Å². The Bertz CT molecular complexity index is 995. The molecule has 0 aromatic heterocycles. The fraction of sp³-hybridized carbons (Fsp3) is 0.348. The van der Waals surface area contributed by atoms with Crippen molar-refractivity contribution < 1.29 is 19.1 Å². The van der Waals surface area contributed by atoms with Gasteiger partial charge in [0.2, 0.25) is 11.8 Å². The second-order valence-electron chi connectivity index (χ2n) is 7.98. The minimum atomic E-state index is -0.386. The second-order valence-corrected chi connectivity index (χ2v) is 8.76. The number of anilines is 2. The number of halogens is 2. The molecule has 9 heteroatoms. The number of rotatable bonds is 8. The van der Waals surface area contributed by atoms with Crippen LogP contribution in [0, 0.1) is 11.8 Å². The van der Waals surface area contributed by atoms with Gasteiger partial charge in [0.25, 0.3) is 5.91 Å². The molecule has 170 valence electrons. The summed E-state index contributed by atoms with van der Waals surface area (Å²) < 4.78 is 5.51. The van der Waals surface area contributed by atoms with Crippen LogP contribution in [0.5, 0.6) is 5.75 Å². The highest BCUT2D eigenvalue weighted by atomic mass is 35.5. The van der Waals surface area contributed by atoms with Crippen LogP contribution >= 0.6 is 23.2 Å². The van der Waals surface area contributed by atoms with Crippen molar-refractivity contribution in [1.29, 1.82) is 0 Å². The molecule has 1 fully saturated rings. The van der Waals surface area contributed by atoms with Crippen molar-refractivity contribution in [3.63, 3.8) is 0 Å². The molecule has 3 amide bonds. The van der Waals surface area contributed by atoms with Crippen LogP contribution in [0.1, 0.15) is 20.3 Å². The number of carbonyl (C=O) groups is 3. The van der Waals surface area contributed by atoms with Gasteiger partial charge in [0.1, 0.15) is 5.75 Å². The molecule has 2 N–H and O–H groups in total. The number of amides is 3. The average molecular weight is 478 g/mol. The molecule has 3 rings (SSSR count). The maximum absolute atomic E-state index is 12.4. The van der Waals surface area contributed by atoms with Crippen molar-refractivity contribution in [3.05, 3.63) is 52.5 Å². The molecular weight excluding hydrogens is 453 g/mol. The third-order valence-electron chi connectivity index (χ3n) is 4.92. The number of hydrogen-bond acceptors (Lipinski definition) is 4. The fourth-order valence-electron chi connectivity index (χ4n) is 3.24. The smallest absolute Gasteiger partial charge is 0.262 e. The lowest BCUT2D eigenvalue weighted by Crippen LogP contribution is -2.35. The summed E-state index contributed by atoms with van der Waals surface area (Å²) in [6.45, 7) is 4.75. The van der Waals surface area contributed by atoms with E-state index in [-0.39, 0.29) is 41.7 Å². The summed E-state index contributed by atoms with van der Waals surface area (Å²) in [5.74, 6) is -0.118. The van der Waals surface area contributed by atoms with Crippen LogP contribution in [0.3, 0.4) is 0 Å². The van der Waals surface area contributed by atoms with Gasteiger partial charge >= 0.3 is 0 Å². The third kappa shape index (κ3) is 6.14. The predicted octanol–water partition coefficient (Wildman–Crippen LogP) is 4.14. The molecule has 0 radical (unpaired) electrons. The van der Waals surface area contributed by atoms with Gasteiger partial charge in [-0.3, -0.25) is 14.4 Å². The standard InChI is InChI=1S/C23H25Cl2N3O4/c1-14(2)11-26-23(31)15-10-21(30)28(12-15)16-6-8-17(9-7-16)32-13-20(29)27-19-5-3-4-18(24)22(19)25/h3-9,14-15H,10-13H2,1-2H3,(H,26,31)(H,27,29)/t15-/m1/s1. The Labute approximate surface area is 197 Å². The first-order valence-electron chi connectivity index (χ1n) is 10.3. The van der Waals surface area contributed by atoms with Gasteiger partial charge in [-0.2, -0.15) is 0 Å². The Morgan fingerprint density at radius 2 is 1.88 bits per heavy atom. The highest BCUT2D eigenvalue weighted by Crippen LogP contribution is 2.30. The van der Waals surface area contributed by atoms with E-state index in [1.165, 1.54) is 0 Å². The second kappa shape index (κ2) is 10.7. The first kappa shape index (κ1) is 23.9. The van der Waals surface area contributed by atoms with Gasteiger partial charge in [0, 0.05) is 25.2 Å². The van der Waals surface area contributed by atoms with Gasteiger partial charge in [0.15, 0.2) is 6.61 Å². The zero-order chi connectivity index (χ0) is 23.3. The Morgan fingerprint density at radius 3 is 2.56 bits per heavy atom. The monoisotopic (exact) mass is 477 g/mol. The normalized spacial score (nSPS) is 15.7. The van der Waals surface area contributed by atoms with Crippen molar-refractivity contribution in [3.8, 4) is 5.75 Å². The van der Waals surface area contributed by atoms with E-state index in [1.54, 1.807) is 47.4 Å². The molecule has 2 aromatic rings. The number of benzene rings is 2. The van der Waals surface area contributed by atoms with Crippen molar-refractivity contribution >= 4 is 52.3 Å². The first-order chi connectivity index (χ1) is 15.2. The molecule has 0 aliphatic carbocycles. The SMILES string of the molecule is CC(C)CNC(=O)[C@@H]1CC(=O)N(c2ccc(OCC(=O)Nc3cccc(Cl)c3Cl)cc2)C1. The molecule has 1 heterocycles. The van der Waals surface area contributed by atoms with Crippen LogP contribution in [0.2, 0.25) is 10.0 Å². The molecule has 0 saturated carbocycles. The molecule has 0 bridgehead atoms. The number of ether oxygens (including phenoxy) is 1. The molecule has 7 nitrogen and oxygen atoms in total. The van der Waals surface area contributed by atoms with Crippen LogP contribution < -0.4 is 20.3 Å². The van der Waals surface area contributed by atoms with E-state index in [4.69, 9.17) is 27.9 Å². The van der Waals surface area contributed by atoms with E-state index in [2.05, 4.69) is 10.6 Å². The van der Waals surface area contributed by atoms with Crippen LogP contribution in [-0.2, 0) is 14.4 Å². The van der Waals surface area contributed by atoms with Crippen molar-refractivity contribution in [2.75, 3.05) is 29.9 Å². The molecule has 0 unspecified atom stereocenters. The van der Waals surface area contributed by atoms with E-state index < -0.39 is 0 Å². The van der Waals surface area contributed by atoms with E-state index in [9.17, 15) is 14.4 Å². The lowest BCUT2D eigenvalue weighted by Gasteiger charge is -2.17. The average Bonchev–Trinajstić information content (AvgIpc) is 3.16. The molecule has 1 atom stereocenters. The Hall–Kier alpha value is -2.77. The summed E-state index contributed by atoms with van der Waals surface area (Å²) in [5, 5.41) is 6.14. The van der Waals surface area contributed by atoms with Gasteiger partial charge in [-0.05, 0) is 42.3 Å². The Balaban J connectivity index is 1.52. The number of carbonyl (C=O) groups excluding carboxylic acids is 3. The van der Waals surface area contributed by atoms with Gasteiger partial charge in [-0.25, -0.2) is 0 Å². The van der Waals surface area contributed by atoms with E-state index in [0.717, 1.165) is 0 Å². The minimum absolute atomic E-state index is 0.0962. The van der Waals surface area contributed by atoms with Gasteiger partial charge < -0.3 is 20.3 Å². The Morgan fingerprint density at radius 1 is 1.16 bits per heavy atom. The third-order valence-corrected chi connectivity index (χ3v) is 5.74. The predicted molar refractivity (Wildman–Crippen MR) is 125 cm³/mol. The van der Waals surface area contributed by atoms with E-state index in [1.807, 2.05) is 13.8 Å². The Kier molecular flexibility index (Phi) is 7.99. The minimum Gasteiger partial charge on any atom is -0.484 e. The van der Waals surface area contributed by atoms with Crippen molar-refractivity contribution in [1.82, 2.24) is 5.32 Å². The first-order valence-corrected chi connectivity index (χ1v) is 11.0. The maximum atomic E-state index is 12.4. The summed E-state index contributed by atoms with van der Waals surface area (Å²) in [6.07, 6.45) is 0.189. The molecular formula is C23H25Cl2N3O4. The van der Waals surface area contributed by atoms with Gasteiger partial charge in [-0.1, -0.05) is 43.1 Å². The highest BCUT2D eigenvalue weighted by Gasteiger charge is 2.35. The summed E-state index contributed by atoms with van der Waals surface area (Å²) in [7, 11) is 0. The highest BCUT2D eigenvalue weighted by molar-refractivity contribution is 6.44. The molecule has 0 spiro atoms. The topological polar surface area (TPSA) is 87.7 Å². The molecule has 32 heavy (non-hydrogen) atoms. The molecule has 2 aromatic carbocycles. The molecule has 1 saturated heterocycles. The molecule has 1 aliphatic rings. The van der Waals surface area contributed by atoms with E-state index >= 15 is 0 Å². The quantitative estimate of drug-likeness (QED) is 0.597. The number of nitrogens with zero attached hydrogens (tertiary/aromatic N) is 1.